The van der Waals surface area contributed by atoms with Crippen LogP contribution in [0, 0.1) is 0 Å². The molecule has 0 heterocycles. The van der Waals surface area contributed by atoms with E-state index in [1.807, 2.05) is 0 Å². The predicted octanol–water partition coefficient (Wildman–Crippen LogP) is -3.00. The van der Waals surface area contributed by atoms with Gasteiger partial charge in [-0.25, -0.2) is 9.34 Å². The molecule has 0 spiro atoms. The Bertz CT molecular complexity index is 314. The number of rotatable bonds is 16. The molecule has 6 N–H and O–H groups in total. The van der Waals surface area contributed by atoms with E-state index in [9.17, 15) is 25.0 Å². The van der Waals surface area contributed by atoms with Gasteiger partial charge in [0, 0.05) is 39.3 Å². The van der Waals surface area contributed by atoms with Gasteiger partial charge < -0.3 is 30.6 Å². The van der Waals surface area contributed by atoms with Crippen molar-refractivity contribution < 1.29 is 35.2 Å². The van der Waals surface area contributed by atoms with Gasteiger partial charge in [0.1, 0.15) is 0 Å². The fraction of sp³-hybridized carbons (Fsp3) is 1.00. The number of nitrogens with zero attached hydrogens (tertiary/aromatic N) is 3. The molecule has 0 bridgehead atoms. The Morgan fingerprint density at radius 3 is 1.08 bits per heavy atom. The highest BCUT2D eigenvalue weighted by Gasteiger charge is 2.37. The summed E-state index contributed by atoms with van der Waals surface area (Å²) in [6.07, 6.45) is -0.0336. The van der Waals surface area contributed by atoms with Crippen molar-refractivity contribution >= 4 is 7.44 Å². The molecule has 24 heavy (non-hydrogen) atoms. The van der Waals surface area contributed by atoms with Crippen molar-refractivity contribution in [1.82, 2.24) is 14.2 Å². The molecule has 0 atom stereocenters. The van der Waals surface area contributed by atoms with Crippen LogP contribution in [0.15, 0.2) is 0 Å². The lowest BCUT2D eigenvalue weighted by Gasteiger charge is -2.41. The maximum Gasteiger partial charge on any atom is 0.230 e. The van der Waals surface area contributed by atoms with Crippen LogP contribution in [0.4, 0.5) is 0 Å². The van der Waals surface area contributed by atoms with E-state index in [2.05, 4.69) is 0 Å². The van der Waals surface area contributed by atoms with E-state index in [4.69, 9.17) is 10.2 Å². The van der Waals surface area contributed by atoms with Crippen LogP contribution < -0.4 is 0 Å². The molecule has 0 rings (SSSR count). The second-order valence-electron chi connectivity index (χ2n) is 5.17. The molecular weight excluding hydrogens is 341 g/mol. The number of aliphatic hydroxyl groups is 6. The number of aliphatic hydroxyl groups excluding tert-OH is 6. The summed E-state index contributed by atoms with van der Waals surface area (Å²) in [4.78, 5) is 1.62. The molecule has 0 aromatic heterocycles. The van der Waals surface area contributed by atoms with Crippen LogP contribution in [-0.2, 0) is 4.57 Å². The molecule has 0 aliphatic carbocycles. The van der Waals surface area contributed by atoms with Gasteiger partial charge >= 0.3 is 0 Å². The van der Waals surface area contributed by atoms with E-state index >= 15 is 0 Å². The highest BCUT2D eigenvalue weighted by atomic mass is 31.2. The molecule has 0 unspecified atom stereocenters. The molecule has 0 amide bonds. The normalized spacial score (nSPS) is 12.7. The van der Waals surface area contributed by atoms with Crippen molar-refractivity contribution in [2.75, 3.05) is 85.2 Å². The lowest BCUT2D eigenvalue weighted by molar-refractivity contribution is 0.158. The molecule has 0 saturated heterocycles. The first kappa shape index (κ1) is 23.9. The van der Waals surface area contributed by atoms with Crippen LogP contribution in [0.25, 0.3) is 0 Å². The Morgan fingerprint density at radius 1 is 0.542 bits per heavy atom. The average molecular weight is 373 g/mol. The molecule has 11 heteroatoms. The molecule has 0 aromatic carbocycles. The van der Waals surface area contributed by atoms with Crippen molar-refractivity contribution in [2.24, 2.45) is 0 Å². The Hall–Kier alpha value is -0.130. The molecule has 146 valence electrons. The van der Waals surface area contributed by atoms with E-state index < -0.39 is 7.44 Å². The van der Waals surface area contributed by atoms with Gasteiger partial charge in [0.15, 0.2) is 0 Å². The van der Waals surface area contributed by atoms with Crippen molar-refractivity contribution in [3.8, 4) is 0 Å². The molecule has 0 saturated carbocycles. The summed E-state index contributed by atoms with van der Waals surface area (Å²) in [5, 5.41) is 55.3. The van der Waals surface area contributed by atoms with Gasteiger partial charge in [-0.3, -0.25) is 9.46 Å². The Labute approximate surface area is 143 Å². The first-order chi connectivity index (χ1) is 11.5. The third kappa shape index (κ3) is 7.83. The molecule has 0 aliphatic heterocycles. The van der Waals surface area contributed by atoms with Crippen molar-refractivity contribution in [1.29, 1.82) is 0 Å². The fourth-order valence-corrected chi connectivity index (χ4v) is 5.59. The van der Waals surface area contributed by atoms with E-state index in [1.165, 1.54) is 9.34 Å². The predicted molar refractivity (Wildman–Crippen MR) is 89.7 cm³/mol. The lowest BCUT2D eigenvalue weighted by atomic mass is 10.5. The van der Waals surface area contributed by atoms with Crippen molar-refractivity contribution in [3.63, 3.8) is 0 Å². The maximum absolute atomic E-state index is 13.7. The van der Waals surface area contributed by atoms with Gasteiger partial charge in [0.25, 0.3) is 0 Å². The Kier molecular flexibility index (Phi) is 14.0. The highest BCUT2D eigenvalue weighted by Crippen LogP contribution is 2.53. The maximum atomic E-state index is 13.7. The largest absolute Gasteiger partial charge is 0.395 e. The second kappa shape index (κ2) is 14.1. The van der Waals surface area contributed by atoms with Crippen LogP contribution in [-0.4, -0.2) is 130 Å². The van der Waals surface area contributed by atoms with Gasteiger partial charge in [-0.05, 0) is 0 Å². The van der Waals surface area contributed by atoms with Gasteiger partial charge in [0.2, 0.25) is 7.44 Å². The standard InChI is InChI=1S/C13H32N3O7P/c17-7-1-14(2-8-18)13-24(23,15(3-9-19)4-10-20)16(5-11-21)6-12-22/h17-22H,1-13H2. The summed E-state index contributed by atoms with van der Waals surface area (Å²) in [7, 11) is -3.39. The average Bonchev–Trinajstić information content (AvgIpc) is 2.55. The van der Waals surface area contributed by atoms with Crippen LogP contribution in [0.2, 0.25) is 0 Å². The molecule has 10 nitrogen and oxygen atoms in total. The summed E-state index contributed by atoms with van der Waals surface area (Å²) < 4.78 is 16.6. The van der Waals surface area contributed by atoms with E-state index in [-0.39, 0.29) is 85.2 Å². The van der Waals surface area contributed by atoms with Gasteiger partial charge in [-0.1, -0.05) is 0 Å². The summed E-state index contributed by atoms with van der Waals surface area (Å²) in [6, 6.07) is 0. The van der Waals surface area contributed by atoms with Crippen LogP contribution >= 0.6 is 7.44 Å². The minimum absolute atomic E-state index is 0.0336. The molecule has 0 fully saturated rings. The first-order valence-electron chi connectivity index (χ1n) is 8.01. The summed E-state index contributed by atoms with van der Waals surface area (Å²) in [6.45, 7) is -0.826. The lowest BCUT2D eigenvalue weighted by Crippen LogP contribution is -2.43. The molecular formula is C13H32N3O7P. The zero-order valence-corrected chi connectivity index (χ0v) is 15.0. The van der Waals surface area contributed by atoms with Crippen LogP contribution in [0.3, 0.4) is 0 Å². The van der Waals surface area contributed by atoms with Crippen molar-refractivity contribution in [2.45, 2.75) is 0 Å². The monoisotopic (exact) mass is 373 g/mol. The number of hydrogen-bond acceptors (Lipinski definition) is 8. The second-order valence-corrected chi connectivity index (χ2v) is 7.92. The van der Waals surface area contributed by atoms with Gasteiger partial charge in [0.05, 0.1) is 45.9 Å². The van der Waals surface area contributed by atoms with Gasteiger partial charge in [-0.15, -0.1) is 0 Å². The van der Waals surface area contributed by atoms with E-state index in [1.54, 1.807) is 4.90 Å². The van der Waals surface area contributed by atoms with Crippen LogP contribution in [0.5, 0.6) is 0 Å². The zero-order chi connectivity index (χ0) is 18.4. The fourth-order valence-electron chi connectivity index (χ4n) is 2.46. The van der Waals surface area contributed by atoms with Crippen molar-refractivity contribution in [3.05, 3.63) is 0 Å². The van der Waals surface area contributed by atoms with Gasteiger partial charge in [-0.2, -0.15) is 0 Å². The quantitative estimate of drug-likeness (QED) is 0.155. The summed E-state index contributed by atoms with van der Waals surface area (Å²) >= 11 is 0. The zero-order valence-electron chi connectivity index (χ0n) is 14.1. The minimum atomic E-state index is -3.39. The van der Waals surface area contributed by atoms with E-state index in [0.29, 0.717) is 0 Å². The van der Waals surface area contributed by atoms with Crippen LogP contribution in [0.1, 0.15) is 0 Å². The third-order valence-corrected chi connectivity index (χ3v) is 6.87. The topological polar surface area (TPSA) is 148 Å². The smallest absolute Gasteiger partial charge is 0.230 e. The Morgan fingerprint density at radius 2 is 0.833 bits per heavy atom. The molecule has 0 aromatic rings. The Balaban J connectivity index is 5.60. The SMILES string of the molecule is O=P(CN(CCO)CCO)(N(CCO)CCO)N(CCO)CCO. The molecule has 0 aliphatic rings. The first-order valence-corrected chi connectivity index (χ1v) is 9.81. The summed E-state index contributed by atoms with van der Waals surface area (Å²) in [5.74, 6) is 0. The summed E-state index contributed by atoms with van der Waals surface area (Å²) in [5.41, 5.74) is 0. The highest BCUT2D eigenvalue weighted by molar-refractivity contribution is 7.59. The minimum Gasteiger partial charge on any atom is -0.395 e. The van der Waals surface area contributed by atoms with E-state index in [0.717, 1.165) is 0 Å². The molecule has 0 radical (unpaired) electrons. The number of hydrogen-bond donors (Lipinski definition) is 6. The third-order valence-electron chi connectivity index (χ3n) is 3.53.